The Hall–Kier alpha value is -0.840. The van der Waals surface area contributed by atoms with Gasteiger partial charge >= 0.3 is 0 Å². The third-order valence-electron chi connectivity index (χ3n) is 2.82. The molecule has 0 saturated carbocycles. The summed E-state index contributed by atoms with van der Waals surface area (Å²) in [5, 5.41) is 3.46. The van der Waals surface area contributed by atoms with Crippen LogP contribution in [0, 0.1) is 11.6 Å². The highest BCUT2D eigenvalue weighted by atomic mass is 79.9. The normalized spacial score (nSPS) is 12.3. The Labute approximate surface area is 134 Å². The lowest BCUT2D eigenvalue weighted by Gasteiger charge is -2.19. The molecule has 0 amide bonds. The number of rotatable bonds is 3. The molecular formula is C14H10BrCl2F2N. The number of anilines is 1. The second-order valence-electron chi connectivity index (χ2n) is 4.25. The van der Waals surface area contributed by atoms with E-state index in [2.05, 4.69) is 21.2 Å². The number of nitrogens with one attached hydrogen (secondary N) is 1. The van der Waals surface area contributed by atoms with Crippen LogP contribution in [0.2, 0.25) is 10.0 Å². The van der Waals surface area contributed by atoms with Crippen LogP contribution in [-0.4, -0.2) is 0 Å². The fourth-order valence-electron chi connectivity index (χ4n) is 1.85. The largest absolute Gasteiger partial charge is 0.378 e. The van der Waals surface area contributed by atoms with Crippen LogP contribution < -0.4 is 5.32 Å². The summed E-state index contributed by atoms with van der Waals surface area (Å²) in [7, 11) is 0. The second kappa shape index (κ2) is 6.29. The highest BCUT2D eigenvalue weighted by molar-refractivity contribution is 9.10. The zero-order valence-electron chi connectivity index (χ0n) is 10.4. The summed E-state index contributed by atoms with van der Waals surface area (Å²) in [6.07, 6.45) is 0. The van der Waals surface area contributed by atoms with Crippen molar-refractivity contribution in [1.29, 1.82) is 0 Å². The van der Waals surface area contributed by atoms with Gasteiger partial charge in [-0.1, -0.05) is 23.2 Å². The molecule has 6 heteroatoms. The highest BCUT2D eigenvalue weighted by Gasteiger charge is 2.17. The Kier molecular flexibility index (Phi) is 4.89. The van der Waals surface area contributed by atoms with Gasteiger partial charge in [0.15, 0.2) is 0 Å². The predicted octanol–water partition coefficient (Wildman–Crippen LogP) is 6.21. The van der Waals surface area contributed by atoms with E-state index in [0.29, 0.717) is 20.7 Å². The predicted molar refractivity (Wildman–Crippen MR) is 82.6 cm³/mol. The summed E-state index contributed by atoms with van der Waals surface area (Å²) >= 11 is 15.1. The molecule has 106 valence electrons. The Morgan fingerprint density at radius 3 is 2.40 bits per heavy atom. The van der Waals surface area contributed by atoms with Crippen LogP contribution in [0.1, 0.15) is 18.5 Å². The van der Waals surface area contributed by atoms with E-state index < -0.39 is 5.82 Å². The molecule has 2 rings (SSSR count). The van der Waals surface area contributed by atoms with Gasteiger partial charge in [0.1, 0.15) is 11.6 Å². The molecule has 1 unspecified atom stereocenters. The third kappa shape index (κ3) is 3.25. The molecule has 0 fully saturated rings. The van der Waals surface area contributed by atoms with Gasteiger partial charge in [-0.25, -0.2) is 8.78 Å². The molecule has 0 radical (unpaired) electrons. The van der Waals surface area contributed by atoms with E-state index in [9.17, 15) is 8.78 Å². The maximum Gasteiger partial charge on any atom is 0.142 e. The van der Waals surface area contributed by atoms with Crippen LogP contribution in [0.15, 0.2) is 34.8 Å². The minimum Gasteiger partial charge on any atom is -0.378 e. The summed E-state index contributed by atoms with van der Waals surface area (Å²) in [5.74, 6) is -0.884. The zero-order chi connectivity index (χ0) is 14.9. The lowest BCUT2D eigenvalue weighted by molar-refractivity contribution is 0.621. The summed E-state index contributed by atoms with van der Waals surface area (Å²) in [6, 6.07) is 6.84. The molecule has 1 nitrogen and oxygen atoms in total. The third-order valence-corrected chi connectivity index (χ3v) is 4.14. The SMILES string of the molecule is CC(Nc1ccc(F)c(Br)c1)c1c(Cl)ccc(F)c1Cl. The first-order valence-electron chi connectivity index (χ1n) is 5.75. The molecule has 0 aliphatic rings. The first-order valence-corrected chi connectivity index (χ1v) is 7.30. The van der Waals surface area contributed by atoms with Crippen molar-refractivity contribution in [1.82, 2.24) is 0 Å². The molecule has 0 aliphatic carbocycles. The topological polar surface area (TPSA) is 12.0 Å². The maximum absolute atomic E-state index is 13.5. The van der Waals surface area contributed by atoms with E-state index in [1.807, 2.05) is 0 Å². The molecule has 0 heterocycles. The highest BCUT2D eigenvalue weighted by Crippen LogP contribution is 2.34. The number of hydrogen-bond acceptors (Lipinski definition) is 1. The zero-order valence-corrected chi connectivity index (χ0v) is 13.5. The second-order valence-corrected chi connectivity index (χ2v) is 5.89. The van der Waals surface area contributed by atoms with Gasteiger partial charge in [0, 0.05) is 16.3 Å². The first-order chi connectivity index (χ1) is 9.40. The van der Waals surface area contributed by atoms with Gasteiger partial charge in [-0.15, -0.1) is 0 Å². The van der Waals surface area contributed by atoms with Crippen LogP contribution in [0.3, 0.4) is 0 Å². The van der Waals surface area contributed by atoms with Gasteiger partial charge in [-0.2, -0.15) is 0 Å². The summed E-state index contributed by atoms with van der Waals surface area (Å²) in [5.41, 5.74) is 1.14. The molecule has 0 saturated heterocycles. The molecule has 0 bridgehead atoms. The molecule has 1 N–H and O–H groups in total. The quantitative estimate of drug-likeness (QED) is 0.624. The Morgan fingerprint density at radius 1 is 1.10 bits per heavy atom. The lowest BCUT2D eigenvalue weighted by atomic mass is 10.1. The van der Waals surface area contributed by atoms with Crippen molar-refractivity contribution in [2.24, 2.45) is 0 Å². The monoisotopic (exact) mass is 379 g/mol. The van der Waals surface area contributed by atoms with Gasteiger partial charge < -0.3 is 5.32 Å². The fourth-order valence-corrected chi connectivity index (χ4v) is 2.92. The minimum atomic E-state index is -0.528. The van der Waals surface area contributed by atoms with Crippen molar-refractivity contribution < 1.29 is 8.78 Å². The van der Waals surface area contributed by atoms with E-state index in [4.69, 9.17) is 23.2 Å². The standard InChI is InChI=1S/C14H10BrCl2F2N/c1-7(13-10(16)3-5-12(19)14(13)17)20-8-2-4-11(18)9(15)6-8/h2-7,20H,1H3. The van der Waals surface area contributed by atoms with Gasteiger partial charge in [-0.05, 0) is 53.2 Å². The molecule has 2 aromatic rings. The van der Waals surface area contributed by atoms with Crippen LogP contribution in [0.5, 0.6) is 0 Å². The van der Waals surface area contributed by atoms with Gasteiger partial charge in [-0.3, -0.25) is 0 Å². The average molecular weight is 381 g/mol. The first kappa shape index (κ1) is 15.5. The Morgan fingerprint density at radius 2 is 1.75 bits per heavy atom. The molecule has 1 atom stereocenters. The maximum atomic E-state index is 13.5. The average Bonchev–Trinajstić information content (AvgIpc) is 2.39. The summed E-state index contributed by atoms with van der Waals surface area (Å²) < 4.78 is 27.0. The summed E-state index contributed by atoms with van der Waals surface area (Å²) in [6.45, 7) is 1.80. The molecule has 20 heavy (non-hydrogen) atoms. The Bertz CT molecular complexity index is 649. The molecule has 0 aliphatic heterocycles. The van der Waals surface area contributed by atoms with Crippen molar-refractivity contribution in [2.45, 2.75) is 13.0 Å². The van der Waals surface area contributed by atoms with Crippen molar-refractivity contribution in [3.8, 4) is 0 Å². The molecule has 0 spiro atoms. The van der Waals surface area contributed by atoms with Gasteiger partial charge in [0.2, 0.25) is 0 Å². The lowest BCUT2D eigenvalue weighted by Crippen LogP contribution is -2.08. The smallest absolute Gasteiger partial charge is 0.142 e. The van der Waals surface area contributed by atoms with Gasteiger partial charge in [0.25, 0.3) is 0 Å². The fraction of sp³-hybridized carbons (Fsp3) is 0.143. The summed E-state index contributed by atoms with van der Waals surface area (Å²) in [4.78, 5) is 0. The number of halogens is 5. The van der Waals surface area contributed by atoms with E-state index >= 15 is 0 Å². The molecule has 0 aromatic heterocycles. The van der Waals surface area contributed by atoms with E-state index in [-0.39, 0.29) is 16.9 Å². The van der Waals surface area contributed by atoms with E-state index in [1.54, 1.807) is 19.1 Å². The molecule has 2 aromatic carbocycles. The van der Waals surface area contributed by atoms with Crippen LogP contribution >= 0.6 is 39.1 Å². The van der Waals surface area contributed by atoms with Crippen molar-refractivity contribution in [3.05, 3.63) is 62.0 Å². The van der Waals surface area contributed by atoms with Crippen LogP contribution in [0.4, 0.5) is 14.5 Å². The van der Waals surface area contributed by atoms with Crippen LogP contribution in [0.25, 0.3) is 0 Å². The van der Waals surface area contributed by atoms with Crippen LogP contribution in [-0.2, 0) is 0 Å². The number of hydrogen-bond donors (Lipinski definition) is 1. The molecular weight excluding hydrogens is 371 g/mol. The van der Waals surface area contributed by atoms with Gasteiger partial charge in [0.05, 0.1) is 15.5 Å². The number of benzene rings is 2. The van der Waals surface area contributed by atoms with Crippen molar-refractivity contribution >= 4 is 44.8 Å². The van der Waals surface area contributed by atoms with E-state index in [1.165, 1.54) is 18.2 Å². The van der Waals surface area contributed by atoms with Crippen molar-refractivity contribution in [2.75, 3.05) is 5.32 Å². The van der Waals surface area contributed by atoms with E-state index in [0.717, 1.165) is 0 Å². The Balaban J connectivity index is 2.30. The minimum absolute atomic E-state index is 0.0151. The van der Waals surface area contributed by atoms with Crippen molar-refractivity contribution in [3.63, 3.8) is 0 Å².